The molecule has 1 fully saturated rings. The molecule has 3 rings (SSSR count). The van der Waals surface area contributed by atoms with Crippen molar-refractivity contribution >= 4 is 12.0 Å². The van der Waals surface area contributed by atoms with E-state index in [0.29, 0.717) is 12.0 Å². The average molecular weight is 443 g/mol. The van der Waals surface area contributed by atoms with Crippen LogP contribution in [0.1, 0.15) is 80.9 Å². The predicted molar refractivity (Wildman–Crippen MR) is 126 cm³/mol. The largest absolute Gasteiger partial charge is 0.458 e. The first-order chi connectivity index (χ1) is 15.1. The predicted octanol–water partition coefficient (Wildman–Crippen LogP) is 5.37. The van der Waals surface area contributed by atoms with Gasteiger partial charge in [0.25, 0.3) is 0 Å². The van der Waals surface area contributed by atoms with Crippen molar-refractivity contribution in [3.05, 3.63) is 52.6 Å². The van der Waals surface area contributed by atoms with Gasteiger partial charge < -0.3 is 19.3 Å². The third-order valence-electron chi connectivity index (χ3n) is 6.40. The van der Waals surface area contributed by atoms with E-state index in [1.54, 1.807) is 6.08 Å². The number of aliphatic hydroxyl groups excluding tert-OH is 1. The fourth-order valence-corrected chi connectivity index (χ4v) is 4.36. The lowest BCUT2D eigenvalue weighted by Gasteiger charge is -2.23. The van der Waals surface area contributed by atoms with Gasteiger partial charge in [-0.3, -0.25) is 0 Å². The van der Waals surface area contributed by atoms with Crippen molar-refractivity contribution in [3.8, 4) is 0 Å². The highest BCUT2D eigenvalue weighted by molar-refractivity contribution is 5.96. The molecule has 1 N–H and O–H groups in total. The Morgan fingerprint density at radius 3 is 2.62 bits per heavy atom. The van der Waals surface area contributed by atoms with Gasteiger partial charge >= 0.3 is 5.97 Å². The molecule has 1 saturated heterocycles. The van der Waals surface area contributed by atoms with E-state index in [1.165, 1.54) is 0 Å². The quantitative estimate of drug-likeness (QED) is 0.503. The van der Waals surface area contributed by atoms with Gasteiger partial charge in [-0.15, -0.1) is 0 Å². The number of unbranched alkanes of at least 4 members (excludes halogenated alkanes) is 1. The van der Waals surface area contributed by atoms with Gasteiger partial charge in [0.1, 0.15) is 18.3 Å². The number of ether oxygens (including phenoxy) is 3. The number of rotatable bonds is 3. The monoisotopic (exact) mass is 442 g/mol. The van der Waals surface area contributed by atoms with E-state index < -0.39 is 18.0 Å². The van der Waals surface area contributed by atoms with E-state index in [-0.39, 0.29) is 24.1 Å². The van der Waals surface area contributed by atoms with Gasteiger partial charge in [0.2, 0.25) is 0 Å². The Bertz CT molecular complexity index is 869. The van der Waals surface area contributed by atoms with Gasteiger partial charge in [0.05, 0.1) is 11.7 Å². The molecule has 1 unspecified atom stereocenters. The summed E-state index contributed by atoms with van der Waals surface area (Å²) in [7, 11) is 0. The minimum Gasteiger partial charge on any atom is -0.458 e. The Kier molecular flexibility index (Phi) is 7.97. The number of hydrogen-bond acceptors (Lipinski definition) is 5. The van der Waals surface area contributed by atoms with Crippen LogP contribution in [-0.4, -0.2) is 41.3 Å². The Labute approximate surface area is 192 Å². The molecule has 5 heteroatoms. The van der Waals surface area contributed by atoms with E-state index in [0.717, 1.165) is 36.0 Å². The second-order valence-electron chi connectivity index (χ2n) is 9.56. The van der Waals surface area contributed by atoms with E-state index in [2.05, 4.69) is 13.0 Å². The maximum atomic E-state index is 13.2. The molecule has 176 valence electrons. The molecule has 0 aromatic heterocycles. The third-order valence-corrected chi connectivity index (χ3v) is 6.40. The summed E-state index contributed by atoms with van der Waals surface area (Å²) in [5, 5.41) is 10.8. The molecule has 5 nitrogen and oxygen atoms in total. The third kappa shape index (κ3) is 5.69. The van der Waals surface area contributed by atoms with Crippen LogP contribution in [0.4, 0.5) is 0 Å². The zero-order valence-electron chi connectivity index (χ0n) is 20.3. The van der Waals surface area contributed by atoms with Crippen molar-refractivity contribution in [2.24, 2.45) is 5.92 Å². The molecule has 0 spiro atoms. The second kappa shape index (κ2) is 10.3. The highest BCUT2D eigenvalue weighted by Gasteiger charge is 2.43. The molecule has 1 aromatic carbocycles. The van der Waals surface area contributed by atoms with Crippen molar-refractivity contribution in [3.63, 3.8) is 0 Å². The number of aliphatic hydroxyl groups is 1. The van der Waals surface area contributed by atoms with E-state index in [9.17, 15) is 9.90 Å². The van der Waals surface area contributed by atoms with Crippen LogP contribution in [0.5, 0.6) is 0 Å². The molecule has 1 aromatic rings. The summed E-state index contributed by atoms with van der Waals surface area (Å²) in [5.74, 6) is -1.12. The molecule has 0 amide bonds. The maximum absolute atomic E-state index is 13.2. The minimum atomic E-state index is -0.807. The zero-order valence-corrected chi connectivity index (χ0v) is 20.3. The molecule has 0 radical (unpaired) electrons. The molecule has 2 aliphatic heterocycles. The van der Waals surface area contributed by atoms with Gasteiger partial charge in [0.15, 0.2) is 5.79 Å². The number of cyclic esters (lactones) is 1. The molecule has 2 heterocycles. The van der Waals surface area contributed by atoms with Crippen molar-refractivity contribution in [2.45, 2.75) is 97.4 Å². The maximum Gasteiger partial charge on any atom is 0.339 e. The van der Waals surface area contributed by atoms with Crippen LogP contribution in [0.15, 0.2) is 30.4 Å². The highest BCUT2D eigenvalue weighted by Crippen LogP contribution is 2.33. The first kappa shape index (κ1) is 24.7. The fourth-order valence-electron chi connectivity index (χ4n) is 4.36. The summed E-state index contributed by atoms with van der Waals surface area (Å²) >= 11 is 0. The van der Waals surface area contributed by atoms with Crippen LogP contribution in [0.2, 0.25) is 0 Å². The summed E-state index contributed by atoms with van der Waals surface area (Å²) in [6, 6.07) is 4.13. The van der Waals surface area contributed by atoms with Crippen molar-refractivity contribution in [2.75, 3.05) is 0 Å². The minimum absolute atomic E-state index is 0.0621. The number of fused-ring (bicyclic) bond motifs is 2. The van der Waals surface area contributed by atoms with Crippen molar-refractivity contribution in [1.82, 2.24) is 0 Å². The first-order valence-corrected chi connectivity index (χ1v) is 11.8. The van der Waals surface area contributed by atoms with Gasteiger partial charge in [-0.2, -0.15) is 0 Å². The Balaban J connectivity index is 2.05. The Morgan fingerprint density at radius 1 is 1.16 bits per heavy atom. The van der Waals surface area contributed by atoms with Gasteiger partial charge in [0, 0.05) is 5.92 Å². The normalized spacial score (nSPS) is 32.3. The first-order valence-electron chi connectivity index (χ1n) is 11.8. The number of carbonyl (C=O) groups is 1. The second-order valence-corrected chi connectivity index (χ2v) is 9.56. The Morgan fingerprint density at radius 2 is 1.91 bits per heavy atom. The topological polar surface area (TPSA) is 65.0 Å². The number of carbonyl (C=O) groups excluding carboxylic acids is 1. The molecule has 32 heavy (non-hydrogen) atoms. The molecular formula is C27H38O5. The molecule has 0 aliphatic carbocycles. The van der Waals surface area contributed by atoms with Crippen LogP contribution < -0.4 is 0 Å². The number of esters is 1. The summed E-state index contributed by atoms with van der Waals surface area (Å²) in [6.45, 7) is 11.7. The van der Waals surface area contributed by atoms with E-state index >= 15 is 0 Å². The van der Waals surface area contributed by atoms with Gasteiger partial charge in [-0.25, -0.2) is 4.79 Å². The lowest BCUT2D eigenvalue weighted by atomic mass is 9.92. The van der Waals surface area contributed by atoms with E-state index in [4.69, 9.17) is 14.2 Å². The molecule has 2 aliphatic rings. The van der Waals surface area contributed by atoms with Crippen LogP contribution in [-0.2, 0) is 20.6 Å². The number of hydrogen-bond donors (Lipinski definition) is 1. The molecule has 0 saturated carbocycles. The molecule has 0 bridgehead atoms. The lowest BCUT2D eigenvalue weighted by molar-refractivity contribution is -0.152. The van der Waals surface area contributed by atoms with Crippen LogP contribution in [0.3, 0.4) is 0 Å². The smallest absolute Gasteiger partial charge is 0.339 e. The highest BCUT2D eigenvalue weighted by atomic mass is 16.8. The molecular weight excluding hydrogens is 404 g/mol. The van der Waals surface area contributed by atoms with Gasteiger partial charge in [-0.05, 0) is 63.6 Å². The zero-order chi connectivity index (χ0) is 23.5. The van der Waals surface area contributed by atoms with Crippen molar-refractivity contribution in [1.29, 1.82) is 0 Å². The van der Waals surface area contributed by atoms with E-state index in [1.807, 2.05) is 58.9 Å². The Hall–Kier alpha value is -1.95. The van der Waals surface area contributed by atoms with Crippen LogP contribution >= 0.6 is 0 Å². The van der Waals surface area contributed by atoms with Gasteiger partial charge in [-0.1, -0.05) is 56.7 Å². The molecule has 5 atom stereocenters. The number of aryl methyl sites for hydroxylation is 2. The standard InChI is InChI=1S/C27H38O5/c1-7-8-10-20-15-13-18(3)24-21(20)11-9-12-23-25(32-27(5,6)31-23)22(28)16-14-17(2)19(4)30-26(24)29/h9,11,13-17,19,22-23,25,28H,7-8,10,12H2,1-6H3/b11-9+,16-14-/t17-,19+,22?,23+,25-/m1/s1. The summed E-state index contributed by atoms with van der Waals surface area (Å²) < 4.78 is 18.0. The van der Waals surface area contributed by atoms with Crippen molar-refractivity contribution < 1.29 is 24.1 Å². The average Bonchev–Trinajstić information content (AvgIpc) is 3.04. The summed E-state index contributed by atoms with van der Waals surface area (Å²) in [5.41, 5.74) is 3.61. The number of benzene rings is 1. The fraction of sp³-hybridized carbons (Fsp3) is 0.593. The summed E-state index contributed by atoms with van der Waals surface area (Å²) in [6.07, 6.45) is 9.39. The van der Waals surface area contributed by atoms with Crippen LogP contribution in [0.25, 0.3) is 6.08 Å². The SMILES string of the molecule is CCCCc1ccc(C)c2c1/C=C/C[C@@H]1OC(C)(C)O[C@@H]1C(O)/C=C\[C@@H](C)[C@H](C)OC2=O. The lowest BCUT2D eigenvalue weighted by Crippen LogP contribution is -2.34. The van der Waals surface area contributed by atoms with Crippen LogP contribution in [0, 0.1) is 12.8 Å². The summed E-state index contributed by atoms with van der Waals surface area (Å²) in [4.78, 5) is 13.2.